The molecule has 0 heterocycles. The van der Waals surface area contributed by atoms with Crippen molar-refractivity contribution in [3.05, 3.63) is 23.3 Å². The summed E-state index contributed by atoms with van der Waals surface area (Å²) in [6, 6.07) is 0. The predicted molar refractivity (Wildman–Crippen MR) is 92.3 cm³/mol. The maximum absolute atomic E-state index is 12.2. The molecule has 0 bridgehead atoms. The van der Waals surface area contributed by atoms with Crippen LogP contribution in [0, 0.1) is 22.7 Å². The van der Waals surface area contributed by atoms with Crippen molar-refractivity contribution in [3.8, 4) is 0 Å². The predicted octanol–water partition coefficient (Wildman–Crippen LogP) is 3.76. The van der Waals surface area contributed by atoms with E-state index in [4.69, 9.17) is 0 Å². The molecule has 3 fully saturated rings. The Morgan fingerprint density at radius 1 is 1.12 bits per heavy atom. The Bertz CT molecular complexity index is 687. The second-order valence-electron chi connectivity index (χ2n) is 9.01. The molecule has 4 aliphatic rings. The molecule has 3 nitrogen and oxygen atoms in total. The van der Waals surface area contributed by atoms with E-state index in [0.29, 0.717) is 31.0 Å². The highest BCUT2D eigenvalue weighted by atomic mass is 16.3. The van der Waals surface area contributed by atoms with E-state index in [1.165, 1.54) is 11.1 Å². The van der Waals surface area contributed by atoms with Gasteiger partial charge in [-0.1, -0.05) is 37.1 Å². The van der Waals surface area contributed by atoms with Crippen LogP contribution in [-0.2, 0) is 9.59 Å². The molecule has 0 aliphatic heterocycles. The van der Waals surface area contributed by atoms with Crippen LogP contribution >= 0.6 is 0 Å². The standard InChI is InChI=1S/C21H28O3/c1-13(22)21(24)11-8-18-16-5-4-14-12-15(23)6-9-19(14,2)17(16)7-10-20(18,21)3/h4-5,17-18,24H,6-12H2,1-3H3/t17-,18-,19-,20-,21-/m0/s1. The van der Waals surface area contributed by atoms with Gasteiger partial charge in [0.1, 0.15) is 11.4 Å². The average molecular weight is 328 g/mol. The fraction of sp³-hybridized carbons (Fsp3) is 0.714. The van der Waals surface area contributed by atoms with Crippen LogP contribution in [0.25, 0.3) is 0 Å². The summed E-state index contributed by atoms with van der Waals surface area (Å²) in [5.41, 5.74) is 1.32. The number of hydrogen-bond acceptors (Lipinski definition) is 3. The quantitative estimate of drug-likeness (QED) is 0.797. The zero-order chi connectivity index (χ0) is 17.3. The smallest absolute Gasteiger partial charge is 0.161 e. The molecule has 3 heteroatoms. The SMILES string of the molecule is CC(=O)[C@@]1(O)CC[C@H]2C3=CC=C4CC(=O)CC[C@]4(C)[C@H]3CC[C@@]21C. The lowest BCUT2D eigenvalue weighted by Gasteiger charge is -2.55. The van der Waals surface area contributed by atoms with Crippen molar-refractivity contribution in [1.82, 2.24) is 0 Å². The van der Waals surface area contributed by atoms with Crippen molar-refractivity contribution in [1.29, 1.82) is 0 Å². The van der Waals surface area contributed by atoms with Crippen molar-refractivity contribution in [2.45, 2.75) is 71.3 Å². The highest BCUT2D eigenvalue weighted by Gasteiger charge is 2.63. The number of ketones is 2. The molecule has 0 aromatic carbocycles. The molecule has 0 unspecified atom stereocenters. The molecular formula is C21H28O3. The first-order valence-electron chi connectivity index (χ1n) is 9.39. The number of allylic oxidation sites excluding steroid dienone is 4. The summed E-state index contributed by atoms with van der Waals surface area (Å²) in [5.74, 6) is 1.05. The van der Waals surface area contributed by atoms with E-state index < -0.39 is 5.60 Å². The maximum atomic E-state index is 12.2. The van der Waals surface area contributed by atoms with Crippen LogP contribution in [0.1, 0.15) is 65.7 Å². The summed E-state index contributed by atoms with van der Waals surface area (Å²) in [5, 5.41) is 11.1. The van der Waals surface area contributed by atoms with E-state index in [2.05, 4.69) is 26.0 Å². The van der Waals surface area contributed by atoms with Gasteiger partial charge in [-0.2, -0.15) is 0 Å². The van der Waals surface area contributed by atoms with E-state index in [1.807, 2.05) is 0 Å². The second-order valence-corrected chi connectivity index (χ2v) is 9.01. The van der Waals surface area contributed by atoms with Crippen molar-refractivity contribution < 1.29 is 14.7 Å². The zero-order valence-electron chi connectivity index (χ0n) is 15.0. The number of carbonyl (C=O) groups is 2. The van der Waals surface area contributed by atoms with Crippen LogP contribution in [0.5, 0.6) is 0 Å². The van der Waals surface area contributed by atoms with E-state index in [1.54, 1.807) is 6.92 Å². The Morgan fingerprint density at radius 2 is 1.83 bits per heavy atom. The summed E-state index contributed by atoms with van der Waals surface area (Å²) in [6.07, 6.45) is 10.0. The highest BCUT2D eigenvalue weighted by molar-refractivity contribution is 5.86. The van der Waals surface area contributed by atoms with Gasteiger partial charge in [-0.3, -0.25) is 9.59 Å². The molecule has 0 radical (unpaired) electrons. The van der Waals surface area contributed by atoms with Gasteiger partial charge in [0.15, 0.2) is 5.78 Å². The van der Waals surface area contributed by atoms with Gasteiger partial charge in [-0.05, 0) is 56.3 Å². The third-order valence-electron chi connectivity index (χ3n) is 8.14. The van der Waals surface area contributed by atoms with Crippen molar-refractivity contribution >= 4 is 11.6 Å². The van der Waals surface area contributed by atoms with E-state index in [-0.39, 0.29) is 22.5 Å². The number of Topliss-reactive ketones (excluding diaryl/α,β-unsaturated/α-hetero) is 2. The summed E-state index contributed by atoms with van der Waals surface area (Å²) in [7, 11) is 0. The first kappa shape index (κ1) is 16.3. The Labute approximate surface area is 144 Å². The fourth-order valence-corrected chi connectivity index (χ4v) is 6.42. The Balaban J connectivity index is 1.76. The van der Waals surface area contributed by atoms with Crippen LogP contribution in [0.15, 0.2) is 23.3 Å². The van der Waals surface area contributed by atoms with Gasteiger partial charge in [0.05, 0.1) is 0 Å². The monoisotopic (exact) mass is 328 g/mol. The minimum Gasteiger partial charge on any atom is -0.381 e. The molecule has 0 spiro atoms. The average Bonchev–Trinajstić information content (AvgIpc) is 2.81. The van der Waals surface area contributed by atoms with Crippen LogP contribution in [0.3, 0.4) is 0 Å². The van der Waals surface area contributed by atoms with Crippen LogP contribution in [0.4, 0.5) is 0 Å². The van der Waals surface area contributed by atoms with Crippen LogP contribution in [0.2, 0.25) is 0 Å². The maximum Gasteiger partial charge on any atom is 0.161 e. The first-order valence-corrected chi connectivity index (χ1v) is 9.39. The molecule has 4 rings (SSSR count). The zero-order valence-corrected chi connectivity index (χ0v) is 15.0. The lowest BCUT2D eigenvalue weighted by molar-refractivity contribution is -0.151. The molecule has 0 aromatic heterocycles. The molecule has 130 valence electrons. The molecule has 0 saturated heterocycles. The minimum absolute atomic E-state index is 0.0759. The van der Waals surface area contributed by atoms with Gasteiger partial charge >= 0.3 is 0 Å². The van der Waals surface area contributed by atoms with E-state index in [0.717, 1.165) is 25.7 Å². The Hall–Kier alpha value is -1.22. The van der Waals surface area contributed by atoms with Gasteiger partial charge in [0.2, 0.25) is 0 Å². The molecular weight excluding hydrogens is 300 g/mol. The Morgan fingerprint density at radius 3 is 2.54 bits per heavy atom. The number of fused-ring (bicyclic) bond motifs is 5. The van der Waals surface area contributed by atoms with Gasteiger partial charge in [0, 0.05) is 18.3 Å². The normalized spacial score (nSPS) is 47.2. The number of aliphatic hydroxyl groups is 1. The summed E-state index contributed by atoms with van der Waals surface area (Å²) in [6.45, 7) is 5.99. The molecule has 5 atom stereocenters. The van der Waals surface area contributed by atoms with Gasteiger partial charge in [0.25, 0.3) is 0 Å². The molecule has 1 N–H and O–H groups in total. The first-order chi connectivity index (χ1) is 11.2. The van der Waals surface area contributed by atoms with E-state index in [9.17, 15) is 14.7 Å². The molecule has 0 aromatic rings. The molecule has 3 saturated carbocycles. The number of carbonyl (C=O) groups excluding carboxylic acids is 2. The van der Waals surface area contributed by atoms with Gasteiger partial charge < -0.3 is 5.11 Å². The Kier molecular flexibility index (Phi) is 3.32. The van der Waals surface area contributed by atoms with Gasteiger partial charge in [-0.15, -0.1) is 0 Å². The lowest BCUT2D eigenvalue weighted by Crippen LogP contribution is -2.54. The molecule has 0 amide bonds. The lowest BCUT2D eigenvalue weighted by atomic mass is 9.50. The van der Waals surface area contributed by atoms with E-state index >= 15 is 0 Å². The number of rotatable bonds is 1. The highest BCUT2D eigenvalue weighted by Crippen LogP contribution is 2.65. The van der Waals surface area contributed by atoms with Crippen LogP contribution < -0.4 is 0 Å². The van der Waals surface area contributed by atoms with Crippen molar-refractivity contribution in [2.24, 2.45) is 22.7 Å². The fourth-order valence-electron chi connectivity index (χ4n) is 6.42. The second kappa shape index (κ2) is 4.91. The van der Waals surface area contributed by atoms with Crippen molar-refractivity contribution in [3.63, 3.8) is 0 Å². The van der Waals surface area contributed by atoms with Crippen LogP contribution in [-0.4, -0.2) is 22.3 Å². The third-order valence-corrected chi connectivity index (χ3v) is 8.14. The summed E-state index contributed by atoms with van der Waals surface area (Å²) in [4.78, 5) is 24.1. The van der Waals surface area contributed by atoms with Gasteiger partial charge in [-0.25, -0.2) is 0 Å². The third kappa shape index (κ3) is 1.82. The minimum atomic E-state index is -1.17. The molecule has 4 aliphatic carbocycles. The summed E-state index contributed by atoms with van der Waals surface area (Å²) < 4.78 is 0. The number of hydrogen-bond donors (Lipinski definition) is 1. The summed E-state index contributed by atoms with van der Waals surface area (Å²) >= 11 is 0. The topological polar surface area (TPSA) is 54.4 Å². The largest absolute Gasteiger partial charge is 0.381 e. The molecule has 24 heavy (non-hydrogen) atoms. The van der Waals surface area contributed by atoms with Crippen molar-refractivity contribution in [2.75, 3.05) is 0 Å².